The Kier molecular flexibility index (Phi) is 6.33. The number of thiophene rings is 1. The van der Waals surface area contributed by atoms with Gasteiger partial charge in [-0.05, 0) is 37.6 Å². The van der Waals surface area contributed by atoms with Gasteiger partial charge < -0.3 is 9.64 Å². The number of fused-ring (bicyclic) bond motifs is 1. The lowest BCUT2D eigenvalue weighted by molar-refractivity contribution is -0.151. The van der Waals surface area contributed by atoms with Gasteiger partial charge >= 0.3 is 11.7 Å². The molecule has 8 nitrogen and oxygen atoms in total. The van der Waals surface area contributed by atoms with Crippen LogP contribution in [0, 0.1) is 5.92 Å². The molecular formula is C19H25N3O5S. The van der Waals surface area contributed by atoms with E-state index in [1.807, 2.05) is 6.92 Å². The zero-order valence-corrected chi connectivity index (χ0v) is 17.0. The third-order valence-electron chi connectivity index (χ3n) is 5.04. The summed E-state index contributed by atoms with van der Waals surface area (Å²) in [5.41, 5.74) is -0.245. The number of hydrogen-bond acceptors (Lipinski definition) is 6. The van der Waals surface area contributed by atoms with Gasteiger partial charge in [0.15, 0.2) is 0 Å². The number of ether oxygens (including phenoxy) is 1. The van der Waals surface area contributed by atoms with Crippen molar-refractivity contribution in [2.75, 3.05) is 19.7 Å². The molecule has 152 valence electrons. The molecule has 0 aromatic carbocycles. The highest BCUT2D eigenvalue weighted by molar-refractivity contribution is 7.17. The second-order valence-electron chi connectivity index (χ2n) is 6.87. The maximum Gasteiger partial charge on any atom is 0.332 e. The summed E-state index contributed by atoms with van der Waals surface area (Å²) in [6.07, 6.45) is 1.77. The van der Waals surface area contributed by atoms with Crippen molar-refractivity contribution in [3.8, 4) is 0 Å². The first-order valence-corrected chi connectivity index (χ1v) is 10.5. The van der Waals surface area contributed by atoms with Crippen molar-refractivity contribution in [3.05, 3.63) is 32.3 Å². The minimum absolute atomic E-state index is 0.111. The van der Waals surface area contributed by atoms with Crippen molar-refractivity contribution in [2.24, 2.45) is 5.92 Å². The van der Waals surface area contributed by atoms with Crippen LogP contribution in [0.5, 0.6) is 0 Å². The third kappa shape index (κ3) is 3.89. The smallest absolute Gasteiger partial charge is 0.332 e. The van der Waals surface area contributed by atoms with Gasteiger partial charge in [0, 0.05) is 19.6 Å². The van der Waals surface area contributed by atoms with Crippen LogP contribution in [0.1, 0.15) is 33.1 Å². The van der Waals surface area contributed by atoms with Crippen LogP contribution in [0.2, 0.25) is 0 Å². The predicted molar refractivity (Wildman–Crippen MR) is 107 cm³/mol. The predicted octanol–water partition coefficient (Wildman–Crippen LogP) is 1.44. The van der Waals surface area contributed by atoms with E-state index in [4.69, 9.17) is 4.74 Å². The summed E-state index contributed by atoms with van der Waals surface area (Å²) in [6, 6.07) is 1.71. The molecule has 0 aliphatic carbocycles. The topological polar surface area (TPSA) is 90.6 Å². The van der Waals surface area contributed by atoms with E-state index in [0.717, 1.165) is 0 Å². The molecule has 0 saturated carbocycles. The second-order valence-corrected chi connectivity index (χ2v) is 7.78. The van der Waals surface area contributed by atoms with Crippen LogP contribution in [0.25, 0.3) is 10.2 Å². The highest BCUT2D eigenvalue weighted by Gasteiger charge is 2.28. The van der Waals surface area contributed by atoms with Gasteiger partial charge in [-0.25, -0.2) is 4.79 Å². The second kappa shape index (κ2) is 8.72. The lowest BCUT2D eigenvalue weighted by Gasteiger charge is -2.31. The minimum atomic E-state index is -0.451. The number of hydrogen-bond donors (Lipinski definition) is 0. The van der Waals surface area contributed by atoms with Crippen LogP contribution in [-0.4, -0.2) is 45.6 Å². The number of nitrogens with zero attached hydrogens (tertiary/aromatic N) is 3. The van der Waals surface area contributed by atoms with E-state index in [9.17, 15) is 19.2 Å². The zero-order chi connectivity index (χ0) is 20.3. The number of amides is 1. The summed E-state index contributed by atoms with van der Waals surface area (Å²) in [7, 11) is 0. The lowest BCUT2D eigenvalue weighted by Crippen LogP contribution is -2.45. The van der Waals surface area contributed by atoms with Crippen molar-refractivity contribution < 1.29 is 14.3 Å². The molecule has 28 heavy (non-hydrogen) atoms. The Balaban J connectivity index is 1.79. The molecule has 1 aliphatic heterocycles. The Morgan fingerprint density at radius 1 is 1.18 bits per heavy atom. The molecule has 2 aromatic rings. The molecular weight excluding hydrogens is 382 g/mol. The molecule has 1 saturated heterocycles. The standard InChI is InChI=1S/C19H25N3O5S/c1-3-8-21-17(24)16-14(7-11-28-16)22(19(21)26)12-15(23)20-9-5-13(6-10-20)18(25)27-4-2/h7,11,13H,3-6,8-10,12H2,1-2H3. The molecule has 1 fully saturated rings. The molecule has 0 spiro atoms. The average molecular weight is 407 g/mol. The average Bonchev–Trinajstić information content (AvgIpc) is 3.18. The quantitative estimate of drug-likeness (QED) is 0.676. The summed E-state index contributed by atoms with van der Waals surface area (Å²) >= 11 is 1.28. The summed E-state index contributed by atoms with van der Waals surface area (Å²) in [5.74, 6) is -0.571. The van der Waals surface area contributed by atoms with Crippen LogP contribution < -0.4 is 11.2 Å². The van der Waals surface area contributed by atoms with Crippen LogP contribution in [0.15, 0.2) is 21.0 Å². The van der Waals surface area contributed by atoms with E-state index >= 15 is 0 Å². The molecule has 0 radical (unpaired) electrons. The normalized spacial score (nSPS) is 15.1. The monoisotopic (exact) mass is 407 g/mol. The zero-order valence-electron chi connectivity index (χ0n) is 16.2. The number of carbonyl (C=O) groups excluding carboxylic acids is 2. The van der Waals surface area contributed by atoms with Gasteiger partial charge in [0.05, 0.1) is 18.0 Å². The van der Waals surface area contributed by atoms with Gasteiger partial charge in [0.1, 0.15) is 11.2 Å². The van der Waals surface area contributed by atoms with Gasteiger partial charge in [-0.15, -0.1) is 11.3 Å². The molecule has 1 aliphatic rings. The summed E-state index contributed by atoms with van der Waals surface area (Å²) in [6.45, 7) is 5.15. The first-order chi connectivity index (χ1) is 13.5. The van der Waals surface area contributed by atoms with Crippen LogP contribution in [-0.2, 0) is 27.4 Å². The van der Waals surface area contributed by atoms with Gasteiger partial charge in [-0.1, -0.05) is 6.92 Å². The maximum atomic E-state index is 12.8. The van der Waals surface area contributed by atoms with E-state index in [2.05, 4.69) is 0 Å². The number of aromatic nitrogens is 2. The van der Waals surface area contributed by atoms with Crippen LogP contribution >= 0.6 is 11.3 Å². The fourth-order valence-corrected chi connectivity index (χ4v) is 4.41. The lowest BCUT2D eigenvalue weighted by atomic mass is 9.97. The Bertz CT molecular complexity index is 982. The molecule has 1 amide bonds. The van der Waals surface area contributed by atoms with E-state index in [1.54, 1.807) is 23.3 Å². The number of rotatable bonds is 6. The van der Waals surface area contributed by atoms with Crippen LogP contribution in [0.4, 0.5) is 0 Å². The molecule has 0 bridgehead atoms. The van der Waals surface area contributed by atoms with E-state index in [1.165, 1.54) is 20.5 Å². The summed E-state index contributed by atoms with van der Waals surface area (Å²) in [4.78, 5) is 51.7. The molecule has 0 atom stereocenters. The van der Waals surface area contributed by atoms with Crippen molar-refractivity contribution in [1.29, 1.82) is 0 Å². The van der Waals surface area contributed by atoms with E-state index < -0.39 is 5.69 Å². The third-order valence-corrected chi connectivity index (χ3v) is 5.94. The number of piperidine rings is 1. The fourth-order valence-electron chi connectivity index (χ4n) is 3.57. The molecule has 3 heterocycles. The number of likely N-dealkylation sites (tertiary alicyclic amines) is 1. The Morgan fingerprint density at radius 3 is 2.54 bits per heavy atom. The summed E-state index contributed by atoms with van der Waals surface area (Å²) < 4.78 is 8.14. The minimum Gasteiger partial charge on any atom is -0.466 e. The van der Waals surface area contributed by atoms with Crippen LogP contribution in [0.3, 0.4) is 0 Å². The highest BCUT2D eigenvalue weighted by atomic mass is 32.1. The molecule has 2 aromatic heterocycles. The van der Waals surface area contributed by atoms with Gasteiger partial charge in [0.2, 0.25) is 5.91 Å². The first-order valence-electron chi connectivity index (χ1n) is 9.63. The number of carbonyl (C=O) groups is 2. The Morgan fingerprint density at radius 2 is 1.89 bits per heavy atom. The number of esters is 1. The van der Waals surface area contributed by atoms with Gasteiger partial charge in [-0.3, -0.25) is 23.5 Å². The SMILES string of the molecule is CCCn1c(=O)c2sccc2n(CC(=O)N2CCC(C(=O)OCC)CC2)c1=O. The summed E-state index contributed by atoms with van der Waals surface area (Å²) in [5, 5.41) is 1.76. The molecule has 0 N–H and O–H groups in total. The molecule has 3 rings (SSSR count). The van der Waals surface area contributed by atoms with Gasteiger partial charge in [0.25, 0.3) is 5.56 Å². The highest BCUT2D eigenvalue weighted by Crippen LogP contribution is 2.20. The first kappa shape index (κ1) is 20.3. The van der Waals surface area contributed by atoms with Gasteiger partial charge in [-0.2, -0.15) is 0 Å². The maximum absolute atomic E-state index is 12.8. The van der Waals surface area contributed by atoms with Crippen molar-refractivity contribution >= 4 is 33.4 Å². The molecule has 0 unspecified atom stereocenters. The van der Waals surface area contributed by atoms with Crippen molar-refractivity contribution in [1.82, 2.24) is 14.0 Å². The largest absolute Gasteiger partial charge is 0.466 e. The fraction of sp³-hybridized carbons (Fsp3) is 0.579. The van der Waals surface area contributed by atoms with Crippen molar-refractivity contribution in [2.45, 2.75) is 46.2 Å². The Labute approximate surface area is 166 Å². The van der Waals surface area contributed by atoms with E-state index in [0.29, 0.717) is 55.7 Å². The Hall–Kier alpha value is -2.42. The van der Waals surface area contributed by atoms with E-state index in [-0.39, 0.29) is 29.9 Å². The molecule has 9 heteroatoms. The van der Waals surface area contributed by atoms with Crippen molar-refractivity contribution in [3.63, 3.8) is 0 Å².